The number of carbonyl (C=O) groups is 1. The van der Waals surface area contributed by atoms with Crippen LogP contribution in [0.15, 0.2) is 40.9 Å². The standard InChI is InChI=1S/C12H15NO2S/c1-2-15-12(14)11(16)10(13)8-9-6-4-3-5-7-9/h3-7,16H,2,8,13H2,1H3. The Morgan fingerprint density at radius 1 is 1.38 bits per heavy atom. The Morgan fingerprint density at radius 2 is 2.00 bits per heavy atom. The molecule has 0 unspecified atom stereocenters. The molecule has 0 atom stereocenters. The number of allylic oxidation sites excluding steroid dienone is 1. The molecule has 0 heterocycles. The van der Waals surface area contributed by atoms with Gasteiger partial charge in [0.1, 0.15) is 4.91 Å². The van der Waals surface area contributed by atoms with Crippen LogP contribution in [0, 0.1) is 0 Å². The number of carbonyl (C=O) groups excluding carboxylic acids is 1. The lowest BCUT2D eigenvalue weighted by Crippen LogP contribution is -2.12. The fourth-order valence-electron chi connectivity index (χ4n) is 1.23. The Labute approximate surface area is 101 Å². The highest BCUT2D eigenvalue weighted by Crippen LogP contribution is 2.12. The van der Waals surface area contributed by atoms with Gasteiger partial charge in [0.15, 0.2) is 0 Å². The first-order valence-corrected chi connectivity index (χ1v) is 5.48. The zero-order chi connectivity index (χ0) is 12.0. The Hall–Kier alpha value is -1.42. The van der Waals surface area contributed by atoms with E-state index in [-0.39, 0.29) is 4.91 Å². The van der Waals surface area contributed by atoms with Crippen LogP contribution in [0.3, 0.4) is 0 Å². The maximum Gasteiger partial charge on any atom is 0.346 e. The van der Waals surface area contributed by atoms with E-state index in [0.717, 1.165) is 5.56 Å². The molecule has 0 bridgehead atoms. The van der Waals surface area contributed by atoms with Gasteiger partial charge in [-0.25, -0.2) is 4.79 Å². The van der Waals surface area contributed by atoms with E-state index in [2.05, 4.69) is 12.6 Å². The summed E-state index contributed by atoms with van der Waals surface area (Å²) in [6.07, 6.45) is 0.498. The molecular weight excluding hydrogens is 222 g/mol. The van der Waals surface area contributed by atoms with E-state index in [0.29, 0.717) is 18.7 Å². The predicted molar refractivity (Wildman–Crippen MR) is 67.0 cm³/mol. The van der Waals surface area contributed by atoms with Gasteiger partial charge in [-0.15, -0.1) is 12.6 Å². The van der Waals surface area contributed by atoms with Gasteiger partial charge in [0.2, 0.25) is 0 Å². The van der Waals surface area contributed by atoms with Crippen LogP contribution >= 0.6 is 12.6 Å². The topological polar surface area (TPSA) is 52.3 Å². The molecule has 1 aromatic carbocycles. The summed E-state index contributed by atoms with van der Waals surface area (Å²) in [6.45, 7) is 2.06. The summed E-state index contributed by atoms with van der Waals surface area (Å²) < 4.78 is 4.81. The number of esters is 1. The smallest absolute Gasteiger partial charge is 0.346 e. The molecule has 4 heteroatoms. The largest absolute Gasteiger partial charge is 0.462 e. The summed E-state index contributed by atoms with van der Waals surface area (Å²) in [5.41, 5.74) is 7.24. The zero-order valence-corrected chi connectivity index (χ0v) is 10.0. The molecule has 0 aliphatic heterocycles. The van der Waals surface area contributed by atoms with Gasteiger partial charge >= 0.3 is 5.97 Å². The lowest BCUT2D eigenvalue weighted by Gasteiger charge is -2.06. The molecule has 0 radical (unpaired) electrons. The van der Waals surface area contributed by atoms with Crippen molar-refractivity contribution in [1.82, 2.24) is 0 Å². The number of ether oxygens (including phenoxy) is 1. The highest BCUT2D eigenvalue weighted by Gasteiger charge is 2.10. The second kappa shape index (κ2) is 6.23. The first-order valence-electron chi connectivity index (χ1n) is 5.03. The molecule has 2 N–H and O–H groups in total. The van der Waals surface area contributed by atoms with Crippen LogP contribution in [-0.4, -0.2) is 12.6 Å². The van der Waals surface area contributed by atoms with Crippen molar-refractivity contribution in [3.63, 3.8) is 0 Å². The van der Waals surface area contributed by atoms with Crippen LogP contribution in [0.5, 0.6) is 0 Å². The minimum absolute atomic E-state index is 0.186. The van der Waals surface area contributed by atoms with Crippen LogP contribution < -0.4 is 5.73 Å². The Bertz CT molecular complexity index is 387. The van der Waals surface area contributed by atoms with E-state index in [4.69, 9.17) is 10.5 Å². The van der Waals surface area contributed by atoms with Crippen LogP contribution in [0.2, 0.25) is 0 Å². The number of nitrogens with two attached hydrogens (primary N) is 1. The second-order valence-corrected chi connectivity index (χ2v) is 3.70. The van der Waals surface area contributed by atoms with E-state index < -0.39 is 5.97 Å². The Morgan fingerprint density at radius 3 is 2.56 bits per heavy atom. The minimum atomic E-state index is -0.473. The van der Waals surface area contributed by atoms with E-state index in [1.54, 1.807) is 6.92 Å². The van der Waals surface area contributed by atoms with E-state index in [9.17, 15) is 4.79 Å². The molecule has 1 aromatic rings. The van der Waals surface area contributed by atoms with E-state index >= 15 is 0 Å². The molecule has 3 nitrogen and oxygen atoms in total. The van der Waals surface area contributed by atoms with Crippen molar-refractivity contribution < 1.29 is 9.53 Å². The van der Waals surface area contributed by atoms with Crippen molar-refractivity contribution in [2.45, 2.75) is 13.3 Å². The Kier molecular flexibility index (Phi) is 4.92. The molecule has 0 aromatic heterocycles. The molecule has 0 saturated heterocycles. The van der Waals surface area contributed by atoms with Crippen LogP contribution in [0.25, 0.3) is 0 Å². The summed E-state index contributed by atoms with van der Waals surface area (Å²) in [5.74, 6) is -0.473. The molecule has 16 heavy (non-hydrogen) atoms. The van der Waals surface area contributed by atoms with Crippen LogP contribution in [0.4, 0.5) is 0 Å². The van der Waals surface area contributed by atoms with Gasteiger partial charge in [-0.3, -0.25) is 0 Å². The van der Waals surface area contributed by atoms with Crippen molar-refractivity contribution in [1.29, 1.82) is 0 Å². The van der Waals surface area contributed by atoms with Gasteiger partial charge in [0.25, 0.3) is 0 Å². The third kappa shape index (κ3) is 3.62. The van der Waals surface area contributed by atoms with E-state index in [1.807, 2.05) is 30.3 Å². The minimum Gasteiger partial charge on any atom is -0.462 e. The van der Waals surface area contributed by atoms with Crippen LogP contribution in [0.1, 0.15) is 12.5 Å². The third-order valence-electron chi connectivity index (χ3n) is 2.01. The average molecular weight is 237 g/mol. The first kappa shape index (κ1) is 12.6. The first-order chi connectivity index (χ1) is 7.65. The maximum atomic E-state index is 11.3. The molecule has 0 saturated carbocycles. The summed E-state index contributed by atoms with van der Waals surface area (Å²) >= 11 is 4.06. The summed E-state index contributed by atoms with van der Waals surface area (Å²) in [7, 11) is 0. The molecule has 0 aliphatic rings. The molecule has 0 spiro atoms. The highest BCUT2D eigenvalue weighted by molar-refractivity contribution is 7.85. The van der Waals surface area contributed by atoms with Crippen molar-refractivity contribution >= 4 is 18.6 Å². The van der Waals surface area contributed by atoms with Crippen molar-refractivity contribution in [3.8, 4) is 0 Å². The lowest BCUT2D eigenvalue weighted by atomic mass is 10.1. The number of rotatable bonds is 4. The van der Waals surface area contributed by atoms with Crippen molar-refractivity contribution in [2.75, 3.05) is 6.61 Å². The van der Waals surface area contributed by atoms with E-state index in [1.165, 1.54) is 0 Å². The van der Waals surface area contributed by atoms with Gasteiger partial charge in [0, 0.05) is 12.1 Å². The van der Waals surface area contributed by atoms with Gasteiger partial charge in [0.05, 0.1) is 6.61 Å². The van der Waals surface area contributed by atoms with Crippen LogP contribution in [-0.2, 0) is 16.0 Å². The summed E-state index contributed by atoms with van der Waals surface area (Å²) in [5, 5.41) is 0. The highest BCUT2D eigenvalue weighted by atomic mass is 32.1. The quantitative estimate of drug-likeness (QED) is 0.477. The van der Waals surface area contributed by atoms with Gasteiger partial charge in [-0.1, -0.05) is 30.3 Å². The number of hydrogen-bond acceptors (Lipinski definition) is 4. The monoisotopic (exact) mass is 237 g/mol. The zero-order valence-electron chi connectivity index (χ0n) is 9.14. The number of thiol groups is 1. The predicted octanol–water partition coefficient (Wildman–Crippen LogP) is 1.89. The third-order valence-corrected chi connectivity index (χ3v) is 2.48. The second-order valence-electron chi connectivity index (χ2n) is 3.26. The van der Waals surface area contributed by atoms with Crippen molar-refractivity contribution in [3.05, 3.63) is 46.5 Å². The van der Waals surface area contributed by atoms with Gasteiger partial charge in [-0.2, -0.15) is 0 Å². The van der Waals surface area contributed by atoms with Gasteiger partial charge < -0.3 is 10.5 Å². The lowest BCUT2D eigenvalue weighted by molar-refractivity contribution is -0.137. The molecule has 0 amide bonds. The molecular formula is C12H15NO2S. The summed E-state index contributed by atoms with van der Waals surface area (Å²) in [6, 6.07) is 9.66. The van der Waals surface area contributed by atoms with Crippen molar-refractivity contribution in [2.24, 2.45) is 5.73 Å². The number of benzene rings is 1. The SMILES string of the molecule is CCOC(=O)C(S)=C(N)Cc1ccccc1. The molecule has 0 fully saturated rings. The normalized spacial score (nSPS) is 11.9. The maximum absolute atomic E-state index is 11.3. The fourth-order valence-corrected chi connectivity index (χ4v) is 1.37. The molecule has 1 rings (SSSR count). The average Bonchev–Trinajstić information content (AvgIpc) is 2.29. The molecule has 86 valence electrons. The summed E-state index contributed by atoms with van der Waals surface area (Å²) in [4.78, 5) is 11.5. The fraction of sp³-hybridized carbons (Fsp3) is 0.250. The molecule has 0 aliphatic carbocycles. The van der Waals surface area contributed by atoms with Gasteiger partial charge in [-0.05, 0) is 12.5 Å². The Balaban J connectivity index is 2.73. The number of hydrogen-bond donors (Lipinski definition) is 2.